The monoisotopic (exact) mass is 420 g/mol. The van der Waals surface area contributed by atoms with Crippen molar-refractivity contribution in [3.8, 4) is 0 Å². The molecule has 0 spiro atoms. The summed E-state index contributed by atoms with van der Waals surface area (Å²) in [5, 5.41) is 0. The fourth-order valence-corrected chi connectivity index (χ4v) is 0.642. The summed E-state index contributed by atoms with van der Waals surface area (Å²) < 4.78 is 15.0. The quantitative estimate of drug-likeness (QED) is 0.330. The minimum Gasteiger partial charge on any atom is -0.358 e. The van der Waals surface area contributed by atoms with Crippen LogP contribution in [-0.4, -0.2) is 0 Å². The van der Waals surface area contributed by atoms with E-state index in [4.69, 9.17) is 9.30 Å². The molecule has 0 atom stereocenters. The van der Waals surface area contributed by atoms with Crippen molar-refractivity contribution in [2.75, 3.05) is 0 Å². The van der Waals surface area contributed by atoms with Crippen molar-refractivity contribution in [3.63, 3.8) is 0 Å². The molecular formula is C14H16O2Ru2+2. The van der Waals surface area contributed by atoms with Crippen LogP contribution in [0.4, 0.5) is 0 Å². The molecule has 0 unspecified atom stereocenters. The maximum absolute atomic E-state index is 7.50. The predicted molar refractivity (Wildman–Crippen MR) is 63.7 cm³/mol. The molecule has 0 saturated heterocycles. The SMILES string of the molecule is [C-]#[O+].[C-]#[O+].[CH3-].[CH3-].[CH]1[CH][CH][CH][CH]1.[CH]1[CH][CH][CH][CH]1.[Ru+3].[Ru+]. The second kappa shape index (κ2) is 43.1. The summed E-state index contributed by atoms with van der Waals surface area (Å²) in [6.45, 7) is 9.00. The van der Waals surface area contributed by atoms with Gasteiger partial charge in [0.25, 0.3) is 0 Å². The van der Waals surface area contributed by atoms with E-state index in [0.717, 1.165) is 0 Å². The normalized spacial score (nSPS) is 13.6. The van der Waals surface area contributed by atoms with Crippen LogP contribution >= 0.6 is 0 Å². The Balaban J connectivity index is -0.0000000268. The van der Waals surface area contributed by atoms with Crippen LogP contribution < -0.4 is 0 Å². The molecule has 2 aliphatic rings. The molecule has 0 aromatic carbocycles. The minimum absolute atomic E-state index is 0. The molecule has 0 aromatic rings. The van der Waals surface area contributed by atoms with Gasteiger partial charge in [0.15, 0.2) is 0 Å². The zero-order valence-electron chi connectivity index (χ0n) is 10.3. The first kappa shape index (κ1) is 36.3. The molecule has 0 amide bonds. The molecule has 98 valence electrons. The van der Waals surface area contributed by atoms with Crippen LogP contribution in [-0.2, 0) is 48.3 Å². The van der Waals surface area contributed by atoms with E-state index in [-0.39, 0.29) is 53.8 Å². The van der Waals surface area contributed by atoms with Crippen LogP contribution in [0.2, 0.25) is 0 Å². The Labute approximate surface area is 140 Å². The third kappa shape index (κ3) is 36.0. The summed E-state index contributed by atoms with van der Waals surface area (Å²) in [5.41, 5.74) is 0. The molecule has 2 fully saturated rings. The third-order valence-corrected chi connectivity index (χ3v) is 1.11. The van der Waals surface area contributed by atoms with Crippen molar-refractivity contribution in [1.29, 1.82) is 0 Å². The van der Waals surface area contributed by atoms with Gasteiger partial charge in [0.1, 0.15) is 0 Å². The fraction of sp³-hybridized carbons (Fsp3) is 0. The summed E-state index contributed by atoms with van der Waals surface area (Å²) in [5.74, 6) is 0. The van der Waals surface area contributed by atoms with E-state index in [0.29, 0.717) is 0 Å². The summed E-state index contributed by atoms with van der Waals surface area (Å²) in [6.07, 6.45) is 20.0. The van der Waals surface area contributed by atoms with E-state index in [2.05, 4.69) is 13.3 Å². The topological polar surface area (TPSA) is 39.8 Å². The largest absolute Gasteiger partial charge is 3.00 e. The first-order valence-corrected chi connectivity index (χ1v) is 3.74. The first-order valence-electron chi connectivity index (χ1n) is 3.74. The minimum atomic E-state index is 0. The summed E-state index contributed by atoms with van der Waals surface area (Å²) >= 11 is 0. The van der Waals surface area contributed by atoms with Crippen molar-refractivity contribution >= 4 is 0 Å². The van der Waals surface area contributed by atoms with E-state index >= 15 is 0 Å². The van der Waals surface area contributed by atoms with Crippen LogP contribution in [0.25, 0.3) is 0 Å². The summed E-state index contributed by atoms with van der Waals surface area (Å²) in [4.78, 5) is 0. The van der Waals surface area contributed by atoms with Crippen LogP contribution in [0.15, 0.2) is 0 Å². The molecule has 2 aliphatic carbocycles. The number of hydrogen-bond donors (Lipinski definition) is 0. The van der Waals surface area contributed by atoms with Gasteiger partial charge in [-0.2, -0.15) is 0 Å². The van der Waals surface area contributed by atoms with Crippen molar-refractivity contribution in [3.05, 3.63) is 92.4 Å². The standard InChI is InChI=1S/2C5H5.2CO.2CH3.2Ru/c2*1-2-4-5-3-1;2*1-2;;;;/h2*1-5H;;;2*1H3;;/q;;;;2*-1;+1;+3. The molecule has 0 N–H and O–H groups in total. The van der Waals surface area contributed by atoms with Gasteiger partial charge in [0, 0.05) is 0 Å². The van der Waals surface area contributed by atoms with E-state index in [1.807, 2.05) is 64.2 Å². The maximum atomic E-state index is 7.50. The van der Waals surface area contributed by atoms with Crippen molar-refractivity contribution in [2.45, 2.75) is 0 Å². The Hall–Kier alpha value is 0.727. The maximum Gasteiger partial charge on any atom is 3.00 e. The van der Waals surface area contributed by atoms with Crippen LogP contribution in [0, 0.1) is 92.4 Å². The van der Waals surface area contributed by atoms with Gasteiger partial charge in [-0.25, -0.2) is 0 Å². The molecule has 2 rings (SSSR count). The molecule has 0 aliphatic heterocycles. The zero-order chi connectivity index (χ0) is 11.1. The van der Waals surface area contributed by atoms with E-state index in [1.54, 1.807) is 0 Å². The van der Waals surface area contributed by atoms with Crippen LogP contribution in [0.5, 0.6) is 0 Å². The molecular weight excluding hydrogens is 402 g/mol. The van der Waals surface area contributed by atoms with E-state index in [9.17, 15) is 0 Å². The Bertz CT molecular complexity index is 97.0. The third-order valence-electron chi connectivity index (χ3n) is 1.11. The Morgan fingerprint density at radius 3 is 0.556 bits per heavy atom. The smallest absolute Gasteiger partial charge is 0.358 e. The van der Waals surface area contributed by atoms with Crippen molar-refractivity contribution in [1.82, 2.24) is 0 Å². The van der Waals surface area contributed by atoms with Crippen molar-refractivity contribution < 1.29 is 48.3 Å². The Kier molecular flexibility index (Phi) is 87.0. The van der Waals surface area contributed by atoms with Gasteiger partial charge in [-0.15, -0.1) is 0 Å². The van der Waals surface area contributed by atoms with Crippen LogP contribution in [0.1, 0.15) is 0 Å². The second-order valence-corrected chi connectivity index (χ2v) is 1.92. The molecule has 12 radical (unpaired) electrons. The van der Waals surface area contributed by atoms with Gasteiger partial charge >= 0.3 is 61.6 Å². The van der Waals surface area contributed by atoms with Gasteiger partial charge in [-0.3, -0.25) is 0 Å². The number of hydrogen-bond acceptors (Lipinski definition) is 0. The average molecular weight is 418 g/mol. The van der Waals surface area contributed by atoms with E-state index < -0.39 is 0 Å². The Morgan fingerprint density at radius 2 is 0.500 bits per heavy atom. The second-order valence-electron chi connectivity index (χ2n) is 1.92. The number of rotatable bonds is 0. The fourth-order valence-electron chi connectivity index (χ4n) is 0.642. The molecule has 0 bridgehead atoms. The molecule has 2 saturated carbocycles. The molecule has 4 heteroatoms. The Morgan fingerprint density at radius 1 is 0.444 bits per heavy atom. The average Bonchev–Trinajstić information content (AvgIpc) is 3.01. The summed E-state index contributed by atoms with van der Waals surface area (Å²) in [7, 11) is 0. The molecule has 0 aromatic heterocycles. The summed E-state index contributed by atoms with van der Waals surface area (Å²) in [6, 6.07) is 0. The van der Waals surface area contributed by atoms with Crippen LogP contribution in [0.3, 0.4) is 0 Å². The molecule has 0 heterocycles. The van der Waals surface area contributed by atoms with Gasteiger partial charge in [0.05, 0.1) is 0 Å². The van der Waals surface area contributed by atoms with E-state index in [1.165, 1.54) is 0 Å². The first-order chi connectivity index (χ1) is 7.00. The van der Waals surface area contributed by atoms with Gasteiger partial charge < -0.3 is 14.9 Å². The van der Waals surface area contributed by atoms with Gasteiger partial charge in [-0.1, -0.05) is 0 Å². The zero-order valence-corrected chi connectivity index (χ0v) is 13.8. The predicted octanol–water partition coefficient (Wildman–Crippen LogP) is 2.86. The van der Waals surface area contributed by atoms with Gasteiger partial charge in [-0.05, 0) is 64.2 Å². The van der Waals surface area contributed by atoms with Gasteiger partial charge in [0.2, 0.25) is 0 Å². The molecule has 18 heavy (non-hydrogen) atoms. The van der Waals surface area contributed by atoms with Crippen molar-refractivity contribution in [2.24, 2.45) is 0 Å². The molecule has 2 nitrogen and oxygen atoms in total.